The van der Waals surface area contributed by atoms with E-state index in [1.54, 1.807) is 18.5 Å². The topological polar surface area (TPSA) is 63.6 Å². The minimum atomic E-state index is -2.59. The van der Waals surface area contributed by atoms with Crippen LogP contribution in [0.15, 0.2) is 30.6 Å². The largest absolute Gasteiger partial charge is 0.302 e. The number of alkyl halides is 2. The second-order valence-electron chi connectivity index (χ2n) is 3.96. The molecule has 0 aliphatic rings. The van der Waals surface area contributed by atoms with Crippen molar-refractivity contribution in [3.8, 4) is 0 Å². The van der Waals surface area contributed by atoms with Crippen molar-refractivity contribution in [3.63, 3.8) is 0 Å². The lowest BCUT2D eigenvalue weighted by Gasteiger charge is -2.11. The first-order chi connectivity index (χ1) is 9.16. The van der Waals surface area contributed by atoms with Gasteiger partial charge in [0, 0.05) is 18.9 Å². The van der Waals surface area contributed by atoms with Crippen molar-refractivity contribution in [2.45, 2.75) is 25.9 Å². The lowest BCUT2D eigenvalue weighted by Crippen LogP contribution is -2.21. The lowest BCUT2D eigenvalue weighted by molar-refractivity contribution is 0.144. The molecule has 100 valence electrons. The van der Waals surface area contributed by atoms with E-state index in [0.717, 1.165) is 0 Å². The lowest BCUT2D eigenvalue weighted by atomic mass is 10.3. The fraction of sp³-hybridized carbons (Fsp3) is 0.333. The van der Waals surface area contributed by atoms with Gasteiger partial charge in [-0.2, -0.15) is 5.10 Å². The summed E-state index contributed by atoms with van der Waals surface area (Å²) < 4.78 is 24.6. The number of aromatic nitrogens is 4. The zero-order valence-electron chi connectivity index (χ0n) is 10.3. The second-order valence-corrected chi connectivity index (χ2v) is 3.96. The first-order valence-corrected chi connectivity index (χ1v) is 5.78. The molecule has 0 saturated carbocycles. The highest BCUT2D eigenvalue weighted by Crippen LogP contribution is 2.14. The zero-order valence-corrected chi connectivity index (χ0v) is 10.3. The van der Waals surface area contributed by atoms with Crippen LogP contribution >= 0.6 is 0 Å². The maximum absolute atomic E-state index is 12.3. The third-order valence-electron chi connectivity index (χ3n) is 2.53. The summed E-state index contributed by atoms with van der Waals surface area (Å²) in [6.07, 6.45) is 0.737. The van der Waals surface area contributed by atoms with Gasteiger partial charge in [0.1, 0.15) is 11.5 Å². The van der Waals surface area contributed by atoms with Gasteiger partial charge in [-0.1, -0.05) is 0 Å². The summed E-state index contributed by atoms with van der Waals surface area (Å²) in [6.45, 7) is 2.33. The van der Waals surface area contributed by atoms with Crippen molar-refractivity contribution in [1.29, 1.82) is 0 Å². The molecule has 2 rings (SSSR count). The number of hydrogen-bond donors (Lipinski definition) is 1. The molecule has 2 aromatic rings. The first kappa shape index (κ1) is 13.4. The molecule has 0 amide bonds. The van der Waals surface area contributed by atoms with Crippen LogP contribution in [0.25, 0.3) is 0 Å². The molecule has 0 spiro atoms. The van der Waals surface area contributed by atoms with E-state index in [1.807, 2.05) is 6.92 Å². The van der Waals surface area contributed by atoms with Crippen molar-refractivity contribution < 1.29 is 8.78 Å². The van der Waals surface area contributed by atoms with Gasteiger partial charge >= 0.3 is 0 Å². The molecule has 0 aliphatic heterocycles. The molecular weight excluding hydrogens is 252 g/mol. The summed E-state index contributed by atoms with van der Waals surface area (Å²) in [7, 11) is 0. The van der Waals surface area contributed by atoms with E-state index in [-0.39, 0.29) is 11.7 Å². The van der Waals surface area contributed by atoms with E-state index in [9.17, 15) is 8.78 Å². The van der Waals surface area contributed by atoms with Crippen LogP contribution in [0, 0.1) is 0 Å². The molecule has 7 heteroatoms. The van der Waals surface area contributed by atoms with Crippen molar-refractivity contribution in [2.24, 2.45) is 0 Å². The highest BCUT2D eigenvalue weighted by atomic mass is 19.3. The van der Waals surface area contributed by atoms with Gasteiger partial charge in [0.15, 0.2) is 0 Å². The molecule has 19 heavy (non-hydrogen) atoms. The standard InChI is InChI=1S/C12H13F2N5/c1-8(12-15-5-2-6-16-12)17-7-9-3-4-10(11(13)14)19-18-9/h2-6,8,11,17H,7H2,1H3/t8-/m1/s1. The molecule has 2 heterocycles. The van der Waals surface area contributed by atoms with Crippen molar-refractivity contribution >= 4 is 0 Å². The molecule has 1 atom stereocenters. The van der Waals surface area contributed by atoms with Gasteiger partial charge < -0.3 is 5.32 Å². The van der Waals surface area contributed by atoms with Crippen LogP contribution in [0.3, 0.4) is 0 Å². The Morgan fingerprint density at radius 3 is 2.47 bits per heavy atom. The van der Waals surface area contributed by atoms with Crippen molar-refractivity contribution in [2.75, 3.05) is 0 Å². The SMILES string of the molecule is C[C@@H](NCc1ccc(C(F)F)nn1)c1ncccn1. The van der Waals surface area contributed by atoms with E-state index in [1.165, 1.54) is 12.1 Å². The van der Waals surface area contributed by atoms with Crippen molar-refractivity contribution in [3.05, 3.63) is 47.8 Å². The van der Waals surface area contributed by atoms with Crippen LogP contribution in [0.4, 0.5) is 8.78 Å². The zero-order chi connectivity index (χ0) is 13.7. The van der Waals surface area contributed by atoms with E-state index in [4.69, 9.17) is 0 Å². The Kier molecular flexibility index (Phi) is 4.40. The Morgan fingerprint density at radius 1 is 1.16 bits per heavy atom. The third-order valence-corrected chi connectivity index (χ3v) is 2.53. The average molecular weight is 265 g/mol. The summed E-state index contributed by atoms with van der Waals surface area (Å²) in [5, 5.41) is 10.3. The van der Waals surface area contributed by atoms with Gasteiger partial charge in [-0.25, -0.2) is 18.7 Å². The van der Waals surface area contributed by atoms with Crippen LogP contribution in [0.2, 0.25) is 0 Å². The van der Waals surface area contributed by atoms with Crippen LogP contribution in [-0.4, -0.2) is 20.2 Å². The fourth-order valence-electron chi connectivity index (χ4n) is 1.46. The maximum atomic E-state index is 12.3. The number of nitrogens with zero attached hydrogens (tertiary/aromatic N) is 4. The highest BCUT2D eigenvalue weighted by molar-refractivity contribution is 5.08. The van der Waals surface area contributed by atoms with Crippen LogP contribution in [-0.2, 0) is 6.54 Å². The summed E-state index contributed by atoms with van der Waals surface area (Å²) in [6, 6.07) is 4.49. The van der Waals surface area contributed by atoms with Crippen molar-refractivity contribution in [1.82, 2.24) is 25.5 Å². The van der Waals surface area contributed by atoms with Gasteiger partial charge in [0.2, 0.25) is 0 Å². The molecule has 0 unspecified atom stereocenters. The molecule has 0 bridgehead atoms. The van der Waals surface area contributed by atoms with Gasteiger partial charge in [0.25, 0.3) is 6.43 Å². The van der Waals surface area contributed by atoms with Gasteiger partial charge in [0.05, 0.1) is 11.7 Å². The summed E-state index contributed by atoms with van der Waals surface area (Å²) >= 11 is 0. The normalized spacial score (nSPS) is 12.6. The van der Waals surface area contributed by atoms with E-state index >= 15 is 0 Å². The smallest absolute Gasteiger partial charge is 0.282 e. The number of hydrogen-bond acceptors (Lipinski definition) is 5. The molecule has 0 aromatic carbocycles. The molecular formula is C12H13F2N5. The molecule has 2 aromatic heterocycles. The summed E-state index contributed by atoms with van der Waals surface area (Å²) in [5.74, 6) is 0.666. The number of rotatable bonds is 5. The van der Waals surface area contributed by atoms with E-state index < -0.39 is 6.43 Å². The Balaban J connectivity index is 1.92. The Labute approximate surface area is 109 Å². The van der Waals surface area contributed by atoms with Crippen LogP contribution in [0.5, 0.6) is 0 Å². The van der Waals surface area contributed by atoms with E-state index in [2.05, 4.69) is 25.5 Å². The average Bonchev–Trinajstić information content (AvgIpc) is 2.46. The Bertz CT molecular complexity index is 503. The molecule has 5 nitrogen and oxygen atoms in total. The minimum absolute atomic E-state index is 0.0576. The summed E-state index contributed by atoms with van der Waals surface area (Å²) in [5.41, 5.74) is 0.273. The molecule has 1 N–H and O–H groups in total. The molecule has 0 fully saturated rings. The predicted molar refractivity (Wildman–Crippen MR) is 64.3 cm³/mol. The van der Waals surface area contributed by atoms with Crippen LogP contribution in [0.1, 0.15) is 36.6 Å². The minimum Gasteiger partial charge on any atom is -0.302 e. The van der Waals surface area contributed by atoms with Gasteiger partial charge in [-0.15, -0.1) is 5.10 Å². The van der Waals surface area contributed by atoms with E-state index in [0.29, 0.717) is 18.1 Å². The maximum Gasteiger partial charge on any atom is 0.282 e. The Morgan fingerprint density at radius 2 is 1.89 bits per heavy atom. The van der Waals surface area contributed by atoms with Gasteiger partial charge in [-0.05, 0) is 25.1 Å². The highest BCUT2D eigenvalue weighted by Gasteiger charge is 2.10. The quantitative estimate of drug-likeness (QED) is 0.896. The first-order valence-electron chi connectivity index (χ1n) is 5.78. The van der Waals surface area contributed by atoms with Gasteiger partial charge in [-0.3, -0.25) is 0 Å². The molecule has 0 radical (unpaired) electrons. The number of nitrogens with one attached hydrogen (secondary N) is 1. The molecule has 0 saturated heterocycles. The molecule has 0 aliphatic carbocycles. The Hall–Kier alpha value is -2.02. The third kappa shape index (κ3) is 3.72. The number of halogens is 2. The monoisotopic (exact) mass is 265 g/mol. The summed E-state index contributed by atoms with van der Waals surface area (Å²) in [4.78, 5) is 8.24. The predicted octanol–water partition coefficient (Wildman–Crippen LogP) is 2.05. The van der Waals surface area contributed by atoms with Crippen LogP contribution < -0.4 is 5.32 Å². The second kappa shape index (κ2) is 6.24. The fourth-order valence-corrected chi connectivity index (χ4v) is 1.46.